The lowest BCUT2D eigenvalue weighted by Crippen LogP contribution is -2.39. The molecule has 0 saturated carbocycles. The van der Waals surface area contributed by atoms with Gasteiger partial charge < -0.3 is 15.2 Å². The van der Waals surface area contributed by atoms with Gasteiger partial charge in [-0.3, -0.25) is 4.99 Å². The highest BCUT2D eigenvalue weighted by molar-refractivity contribution is 14.0. The molecule has 136 valence electrons. The second-order valence-corrected chi connectivity index (χ2v) is 7.40. The van der Waals surface area contributed by atoms with E-state index in [1.807, 2.05) is 25.8 Å². The molecule has 0 radical (unpaired) electrons. The summed E-state index contributed by atoms with van der Waals surface area (Å²) in [5.74, 6) is 2.17. The number of thioether (sulfide) groups is 1. The van der Waals surface area contributed by atoms with Crippen LogP contribution in [0, 0.1) is 0 Å². The molecule has 1 fully saturated rings. The molecule has 25 heavy (non-hydrogen) atoms. The zero-order valence-corrected chi connectivity index (χ0v) is 17.7. The van der Waals surface area contributed by atoms with E-state index in [2.05, 4.69) is 61.2 Å². The van der Waals surface area contributed by atoms with Crippen molar-refractivity contribution in [2.75, 3.05) is 19.3 Å². The minimum absolute atomic E-state index is 0. The molecule has 0 amide bonds. The zero-order chi connectivity index (χ0) is 16.6. The van der Waals surface area contributed by atoms with Crippen LogP contribution in [0.15, 0.2) is 48.0 Å². The number of halogens is 1. The Balaban J connectivity index is 0.00000225. The Morgan fingerprint density at radius 3 is 2.96 bits per heavy atom. The summed E-state index contributed by atoms with van der Waals surface area (Å²) < 4.78 is 2.08. The summed E-state index contributed by atoms with van der Waals surface area (Å²) in [5.41, 5.74) is 2.53. The summed E-state index contributed by atoms with van der Waals surface area (Å²) in [5, 5.41) is 7.57. The van der Waals surface area contributed by atoms with Crippen LogP contribution in [-0.2, 0) is 13.1 Å². The van der Waals surface area contributed by atoms with Crippen LogP contribution >= 0.6 is 35.7 Å². The van der Waals surface area contributed by atoms with E-state index in [0.29, 0.717) is 0 Å². The normalized spacial score (nSPS) is 17.2. The lowest BCUT2D eigenvalue weighted by Gasteiger charge is -2.15. The number of nitrogens with zero attached hydrogens (tertiary/aromatic N) is 3. The highest BCUT2D eigenvalue weighted by Crippen LogP contribution is 2.25. The molecule has 0 bridgehead atoms. The molecular formula is C18H26IN5S. The molecule has 7 heteroatoms. The highest BCUT2D eigenvalue weighted by atomic mass is 127. The smallest absolute Gasteiger partial charge is 0.191 e. The minimum atomic E-state index is 0. The second-order valence-electron chi connectivity index (χ2n) is 6.00. The lowest BCUT2D eigenvalue weighted by molar-refractivity contribution is 0.725. The Morgan fingerprint density at radius 2 is 2.24 bits per heavy atom. The first-order valence-corrected chi connectivity index (χ1v) is 9.48. The van der Waals surface area contributed by atoms with E-state index >= 15 is 0 Å². The number of hydrogen-bond acceptors (Lipinski definition) is 3. The van der Waals surface area contributed by atoms with Gasteiger partial charge in [-0.2, -0.15) is 11.8 Å². The van der Waals surface area contributed by atoms with Crippen LogP contribution in [0.2, 0.25) is 0 Å². The fraction of sp³-hybridized carbons (Fsp3) is 0.444. The van der Waals surface area contributed by atoms with Gasteiger partial charge in [0.2, 0.25) is 0 Å². The standard InChI is InChI=1S/C18H25N5S.HI/c1-19-18(22-12-17-6-3-9-24-17)21-11-15-4-2-5-16(10-15)13-23-8-7-20-14-23;/h2,4-5,7-8,10,14,17H,3,6,9,11-13H2,1H3,(H2,19,21,22);1H. The van der Waals surface area contributed by atoms with E-state index in [-0.39, 0.29) is 24.0 Å². The first-order chi connectivity index (χ1) is 11.8. The molecule has 2 heterocycles. The van der Waals surface area contributed by atoms with Crippen LogP contribution in [-0.4, -0.2) is 40.1 Å². The predicted molar refractivity (Wildman–Crippen MR) is 117 cm³/mol. The van der Waals surface area contributed by atoms with Gasteiger partial charge in [0, 0.05) is 44.3 Å². The van der Waals surface area contributed by atoms with Crippen molar-refractivity contribution in [2.24, 2.45) is 4.99 Å². The van der Waals surface area contributed by atoms with Crippen LogP contribution in [0.1, 0.15) is 24.0 Å². The molecule has 1 aliphatic rings. The number of guanidine groups is 1. The van der Waals surface area contributed by atoms with Gasteiger partial charge in [-0.15, -0.1) is 24.0 Å². The molecule has 5 nitrogen and oxygen atoms in total. The van der Waals surface area contributed by atoms with E-state index in [1.165, 1.54) is 29.7 Å². The van der Waals surface area contributed by atoms with Crippen LogP contribution < -0.4 is 10.6 Å². The van der Waals surface area contributed by atoms with Crippen molar-refractivity contribution in [3.63, 3.8) is 0 Å². The van der Waals surface area contributed by atoms with Crippen LogP contribution in [0.4, 0.5) is 0 Å². The SMILES string of the molecule is CN=C(NCc1cccc(Cn2ccnc2)c1)NCC1CCCS1.I. The molecule has 1 aromatic heterocycles. The average molecular weight is 471 g/mol. The summed E-state index contributed by atoms with van der Waals surface area (Å²) >= 11 is 2.06. The predicted octanol–water partition coefficient (Wildman–Crippen LogP) is 3.11. The third-order valence-corrected chi connectivity index (χ3v) is 5.52. The summed E-state index contributed by atoms with van der Waals surface area (Å²) in [4.78, 5) is 8.41. The van der Waals surface area contributed by atoms with Gasteiger partial charge in [0.15, 0.2) is 5.96 Å². The summed E-state index contributed by atoms with van der Waals surface area (Å²) in [6, 6.07) is 8.63. The monoisotopic (exact) mass is 471 g/mol. The van der Waals surface area contributed by atoms with Gasteiger partial charge in [0.1, 0.15) is 0 Å². The molecule has 2 N–H and O–H groups in total. The van der Waals surface area contributed by atoms with Crippen molar-refractivity contribution in [3.05, 3.63) is 54.1 Å². The molecule has 0 aliphatic carbocycles. The maximum Gasteiger partial charge on any atom is 0.191 e. The molecule has 1 atom stereocenters. The van der Waals surface area contributed by atoms with Crippen LogP contribution in [0.5, 0.6) is 0 Å². The van der Waals surface area contributed by atoms with Crippen LogP contribution in [0.25, 0.3) is 0 Å². The lowest BCUT2D eigenvalue weighted by atomic mass is 10.1. The van der Waals surface area contributed by atoms with Crippen molar-refractivity contribution in [3.8, 4) is 0 Å². The molecule has 2 aromatic rings. The Hall–Kier alpha value is -1.22. The number of hydrogen-bond donors (Lipinski definition) is 2. The fourth-order valence-corrected chi connectivity index (χ4v) is 4.05. The third-order valence-electron chi connectivity index (χ3n) is 4.12. The molecule has 1 aromatic carbocycles. The maximum absolute atomic E-state index is 4.32. The minimum Gasteiger partial charge on any atom is -0.355 e. The van der Waals surface area contributed by atoms with Crippen molar-refractivity contribution >= 4 is 41.7 Å². The number of aromatic nitrogens is 2. The van der Waals surface area contributed by atoms with Gasteiger partial charge in [-0.05, 0) is 29.7 Å². The van der Waals surface area contributed by atoms with E-state index < -0.39 is 0 Å². The first-order valence-electron chi connectivity index (χ1n) is 8.43. The molecule has 0 spiro atoms. The highest BCUT2D eigenvalue weighted by Gasteiger charge is 2.15. The zero-order valence-electron chi connectivity index (χ0n) is 14.5. The maximum atomic E-state index is 4.32. The number of benzene rings is 1. The number of nitrogens with one attached hydrogen (secondary N) is 2. The summed E-state index contributed by atoms with van der Waals surface area (Å²) in [6.45, 7) is 2.61. The van der Waals surface area contributed by atoms with E-state index in [9.17, 15) is 0 Å². The molecule has 1 saturated heterocycles. The summed E-state index contributed by atoms with van der Waals surface area (Å²) in [6.07, 6.45) is 8.29. The Bertz CT molecular complexity index is 653. The van der Waals surface area contributed by atoms with Gasteiger partial charge in [-0.25, -0.2) is 4.98 Å². The van der Waals surface area contributed by atoms with Crippen molar-refractivity contribution in [1.82, 2.24) is 20.2 Å². The van der Waals surface area contributed by atoms with Gasteiger partial charge in [0.25, 0.3) is 0 Å². The van der Waals surface area contributed by atoms with Gasteiger partial charge >= 0.3 is 0 Å². The van der Waals surface area contributed by atoms with Gasteiger partial charge in [-0.1, -0.05) is 24.3 Å². The van der Waals surface area contributed by atoms with Crippen molar-refractivity contribution in [2.45, 2.75) is 31.2 Å². The number of aliphatic imine (C=N–C) groups is 1. The number of imidazole rings is 1. The quantitative estimate of drug-likeness (QED) is 0.386. The molecule has 3 rings (SSSR count). The average Bonchev–Trinajstić information content (AvgIpc) is 3.29. The second kappa shape index (κ2) is 10.7. The Kier molecular flexibility index (Phi) is 8.60. The fourth-order valence-electron chi connectivity index (χ4n) is 2.85. The van der Waals surface area contributed by atoms with E-state index in [4.69, 9.17) is 0 Å². The van der Waals surface area contributed by atoms with E-state index in [0.717, 1.165) is 30.8 Å². The Morgan fingerprint density at radius 1 is 1.36 bits per heavy atom. The molecule has 1 unspecified atom stereocenters. The van der Waals surface area contributed by atoms with Crippen molar-refractivity contribution in [1.29, 1.82) is 0 Å². The Labute approximate surface area is 171 Å². The molecule has 1 aliphatic heterocycles. The van der Waals surface area contributed by atoms with Crippen molar-refractivity contribution < 1.29 is 0 Å². The van der Waals surface area contributed by atoms with Gasteiger partial charge in [0.05, 0.1) is 6.33 Å². The third kappa shape index (κ3) is 6.54. The summed E-state index contributed by atoms with van der Waals surface area (Å²) in [7, 11) is 1.83. The topological polar surface area (TPSA) is 54.2 Å². The van der Waals surface area contributed by atoms with Crippen LogP contribution in [0.3, 0.4) is 0 Å². The molecular weight excluding hydrogens is 445 g/mol. The number of rotatable bonds is 6. The van der Waals surface area contributed by atoms with E-state index in [1.54, 1.807) is 0 Å². The largest absolute Gasteiger partial charge is 0.355 e. The first kappa shape index (κ1) is 20.1.